The molecule has 0 aliphatic rings. The molecular formula is C13H22BrN3O2. The lowest BCUT2D eigenvalue weighted by atomic mass is 10.3. The van der Waals surface area contributed by atoms with Crippen molar-refractivity contribution < 1.29 is 4.74 Å². The molecule has 0 aliphatic carbocycles. The average molecular weight is 332 g/mol. The fourth-order valence-corrected chi connectivity index (χ4v) is 2.10. The number of nitrogens with one attached hydrogen (secondary N) is 1. The molecule has 0 atom stereocenters. The summed E-state index contributed by atoms with van der Waals surface area (Å²) < 4.78 is 7.05. The van der Waals surface area contributed by atoms with E-state index in [2.05, 4.69) is 33.3 Å². The Kier molecular flexibility index (Phi) is 7.74. The Bertz CT molecular complexity index is 434. The molecule has 108 valence electrons. The summed E-state index contributed by atoms with van der Waals surface area (Å²) in [6.07, 6.45) is 5.72. The number of ether oxygens (including phenoxy) is 1. The highest BCUT2D eigenvalue weighted by molar-refractivity contribution is 9.10. The van der Waals surface area contributed by atoms with Crippen LogP contribution in [0.4, 0.5) is 5.69 Å². The summed E-state index contributed by atoms with van der Waals surface area (Å²) in [4.78, 5) is 12.0. The summed E-state index contributed by atoms with van der Waals surface area (Å²) >= 11 is 3.35. The van der Waals surface area contributed by atoms with Crippen molar-refractivity contribution in [2.75, 3.05) is 25.6 Å². The lowest BCUT2D eigenvalue weighted by Gasteiger charge is -2.10. The summed E-state index contributed by atoms with van der Waals surface area (Å²) in [6.45, 7) is 4.33. The minimum absolute atomic E-state index is 0.0738. The molecule has 0 spiro atoms. The normalized spacial score (nSPS) is 10.7. The van der Waals surface area contributed by atoms with Crippen molar-refractivity contribution in [2.45, 2.75) is 39.2 Å². The predicted octanol–water partition coefficient (Wildman–Crippen LogP) is 2.64. The zero-order valence-electron chi connectivity index (χ0n) is 11.6. The Morgan fingerprint density at radius 2 is 2.21 bits per heavy atom. The molecule has 1 N–H and O–H groups in total. The third-order valence-electron chi connectivity index (χ3n) is 2.80. The minimum Gasteiger partial charge on any atom is -0.385 e. The number of aromatic nitrogens is 2. The Hall–Kier alpha value is -0.880. The quantitative estimate of drug-likeness (QED) is 0.707. The molecule has 1 aromatic rings. The fourth-order valence-electron chi connectivity index (χ4n) is 1.65. The van der Waals surface area contributed by atoms with Crippen molar-refractivity contribution in [2.24, 2.45) is 0 Å². The van der Waals surface area contributed by atoms with Gasteiger partial charge in [0.1, 0.15) is 4.47 Å². The highest BCUT2D eigenvalue weighted by Gasteiger charge is 2.07. The molecule has 0 bridgehead atoms. The van der Waals surface area contributed by atoms with E-state index >= 15 is 0 Å². The first-order chi connectivity index (χ1) is 9.20. The number of rotatable bonds is 9. The van der Waals surface area contributed by atoms with Gasteiger partial charge >= 0.3 is 0 Å². The second-order valence-electron chi connectivity index (χ2n) is 4.38. The van der Waals surface area contributed by atoms with Crippen molar-refractivity contribution in [3.8, 4) is 0 Å². The highest BCUT2D eigenvalue weighted by atomic mass is 79.9. The van der Waals surface area contributed by atoms with E-state index in [0.29, 0.717) is 11.0 Å². The van der Waals surface area contributed by atoms with E-state index in [9.17, 15) is 4.79 Å². The van der Waals surface area contributed by atoms with Gasteiger partial charge in [-0.3, -0.25) is 4.79 Å². The molecule has 0 unspecified atom stereocenters. The van der Waals surface area contributed by atoms with Gasteiger partial charge in [-0.1, -0.05) is 13.3 Å². The minimum atomic E-state index is -0.0738. The van der Waals surface area contributed by atoms with Crippen molar-refractivity contribution in [3.63, 3.8) is 0 Å². The van der Waals surface area contributed by atoms with Crippen LogP contribution < -0.4 is 10.9 Å². The van der Waals surface area contributed by atoms with E-state index in [1.165, 1.54) is 4.68 Å². The van der Waals surface area contributed by atoms with Crippen LogP contribution in [-0.4, -0.2) is 30.0 Å². The standard InChI is InChI=1S/C13H22BrN3O2/c1-3-4-8-17-13(18)12(14)11(10-16-17)15-7-5-6-9-19-2/h10,15H,3-9H2,1-2H3. The van der Waals surface area contributed by atoms with Crippen molar-refractivity contribution >= 4 is 21.6 Å². The van der Waals surface area contributed by atoms with E-state index in [1.54, 1.807) is 13.3 Å². The molecule has 0 amide bonds. The van der Waals surface area contributed by atoms with Crippen molar-refractivity contribution in [3.05, 3.63) is 21.0 Å². The largest absolute Gasteiger partial charge is 0.385 e. The number of nitrogens with zero attached hydrogens (tertiary/aromatic N) is 2. The zero-order chi connectivity index (χ0) is 14.1. The number of unbranched alkanes of at least 4 members (excludes halogenated alkanes) is 2. The SMILES string of the molecule is CCCCn1ncc(NCCCCOC)c(Br)c1=O. The fraction of sp³-hybridized carbons (Fsp3) is 0.692. The van der Waals surface area contributed by atoms with Gasteiger partial charge in [-0.15, -0.1) is 0 Å². The predicted molar refractivity (Wildman–Crippen MR) is 80.7 cm³/mol. The van der Waals surface area contributed by atoms with Gasteiger partial charge in [0.2, 0.25) is 0 Å². The Labute approximate surface area is 122 Å². The first-order valence-electron chi connectivity index (χ1n) is 6.69. The molecule has 0 aromatic carbocycles. The second-order valence-corrected chi connectivity index (χ2v) is 5.17. The van der Waals surface area contributed by atoms with Gasteiger partial charge in [0, 0.05) is 26.8 Å². The summed E-state index contributed by atoms with van der Waals surface area (Å²) in [6, 6.07) is 0. The second kappa shape index (κ2) is 9.09. The first-order valence-corrected chi connectivity index (χ1v) is 7.48. The van der Waals surface area contributed by atoms with Crippen molar-refractivity contribution in [1.82, 2.24) is 9.78 Å². The van der Waals surface area contributed by atoms with Gasteiger partial charge < -0.3 is 10.1 Å². The van der Waals surface area contributed by atoms with Crippen LogP contribution in [0.5, 0.6) is 0 Å². The highest BCUT2D eigenvalue weighted by Crippen LogP contribution is 2.16. The number of hydrogen-bond donors (Lipinski definition) is 1. The number of anilines is 1. The molecule has 0 saturated carbocycles. The van der Waals surface area contributed by atoms with Crippen LogP contribution in [0.25, 0.3) is 0 Å². The summed E-state index contributed by atoms with van der Waals surface area (Å²) in [5, 5.41) is 7.40. The smallest absolute Gasteiger partial charge is 0.283 e. The summed E-state index contributed by atoms with van der Waals surface area (Å²) in [5.41, 5.74) is 0.686. The third-order valence-corrected chi connectivity index (χ3v) is 3.57. The summed E-state index contributed by atoms with van der Waals surface area (Å²) in [7, 11) is 1.70. The van der Waals surface area contributed by atoms with Gasteiger partial charge in [-0.05, 0) is 35.2 Å². The van der Waals surface area contributed by atoms with E-state index in [4.69, 9.17) is 4.74 Å². The lowest BCUT2D eigenvalue weighted by Crippen LogP contribution is -2.24. The molecule has 1 rings (SSSR count). The number of methoxy groups -OCH3 is 1. The van der Waals surface area contributed by atoms with Crippen LogP contribution >= 0.6 is 15.9 Å². The lowest BCUT2D eigenvalue weighted by molar-refractivity contribution is 0.194. The molecule has 0 aliphatic heterocycles. The third kappa shape index (κ3) is 5.32. The van der Waals surface area contributed by atoms with Gasteiger partial charge in [0.05, 0.1) is 11.9 Å². The van der Waals surface area contributed by atoms with E-state index in [-0.39, 0.29) is 5.56 Å². The van der Waals surface area contributed by atoms with Crippen LogP contribution in [-0.2, 0) is 11.3 Å². The maximum absolute atomic E-state index is 12.0. The molecule has 0 fully saturated rings. The maximum atomic E-state index is 12.0. The van der Waals surface area contributed by atoms with Crippen LogP contribution in [0.1, 0.15) is 32.6 Å². The van der Waals surface area contributed by atoms with E-state index in [1.807, 2.05) is 0 Å². The van der Waals surface area contributed by atoms with Gasteiger partial charge in [0.25, 0.3) is 5.56 Å². The summed E-state index contributed by atoms with van der Waals surface area (Å²) in [5.74, 6) is 0. The van der Waals surface area contributed by atoms with Gasteiger partial charge in [-0.2, -0.15) is 5.10 Å². The molecule has 5 nitrogen and oxygen atoms in total. The van der Waals surface area contributed by atoms with Crippen LogP contribution in [0, 0.1) is 0 Å². The molecular weight excluding hydrogens is 310 g/mol. The van der Waals surface area contributed by atoms with Crippen LogP contribution in [0.15, 0.2) is 15.5 Å². The first kappa shape index (κ1) is 16.2. The Balaban J connectivity index is 2.56. The Morgan fingerprint density at radius 3 is 2.89 bits per heavy atom. The van der Waals surface area contributed by atoms with E-state index < -0.39 is 0 Å². The molecule has 1 aromatic heterocycles. The zero-order valence-corrected chi connectivity index (χ0v) is 13.2. The van der Waals surface area contributed by atoms with E-state index in [0.717, 1.165) is 44.5 Å². The van der Waals surface area contributed by atoms with Crippen LogP contribution in [0.2, 0.25) is 0 Å². The van der Waals surface area contributed by atoms with Gasteiger partial charge in [0.15, 0.2) is 0 Å². The monoisotopic (exact) mass is 331 g/mol. The molecule has 19 heavy (non-hydrogen) atoms. The maximum Gasteiger partial charge on any atom is 0.283 e. The molecule has 0 radical (unpaired) electrons. The average Bonchev–Trinajstić information content (AvgIpc) is 2.42. The Morgan fingerprint density at radius 1 is 1.42 bits per heavy atom. The van der Waals surface area contributed by atoms with Crippen molar-refractivity contribution in [1.29, 1.82) is 0 Å². The topological polar surface area (TPSA) is 56.1 Å². The number of halogens is 1. The number of aryl methyl sites for hydroxylation is 1. The molecule has 6 heteroatoms. The molecule has 1 heterocycles. The van der Waals surface area contributed by atoms with Gasteiger partial charge in [-0.25, -0.2) is 4.68 Å². The number of hydrogen-bond acceptors (Lipinski definition) is 4. The van der Waals surface area contributed by atoms with Crippen LogP contribution in [0.3, 0.4) is 0 Å². The molecule has 0 saturated heterocycles.